The molecule has 0 saturated carbocycles. The SMILES string of the molecule is Cc1nn(-c2ccc(F)cc2)c(=O)c(C)c1CN. The molecule has 2 rings (SSSR count). The first-order valence-corrected chi connectivity index (χ1v) is 5.60. The first kappa shape index (κ1) is 12.4. The van der Waals surface area contributed by atoms with Gasteiger partial charge in [0.05, 0.1) is 11.4 Å². The molecule has 2 N–H and O–H groups in total. The molecule has 0 unspecified atom stereocenters. The number of aromatic nitrogens is 2. The number of nitrogens with two attached hydrogens (primary N) is 1. The number of hydrogen-bond donors (Lipinski definition) is 1. The molecular formula is C13H14FN3O. The van der Waals surface area contributed by atoms with Crippen LogP contribution in [0.25, 0.3) is 5.69 Å². The second-order valence-corrected chi connectivity index (χ2v) is 4.09. The van der Waals surface area contributed by atoms with Gasteiger partial charge >= 0.3 is 0 Å². The molecule has 0 bridgehead atoms. The molecule has 0 aliphatic heterocycles. The molecule has 0 amide bonds. The quantitative estimate of drug-likeness (QED) is 0.873. The van der Waals surface area contributed by atoms with E-state index in [0.29, 0.717) is 16.9 Å². The second-order valence-electron chi connectivity index (χ2n) is 4.09. The summed E-state index contributed by atoms with van der Waals surface area (Å²) >= 11 is 0. The standard InChI is InChI=1S/C13H14FN3O/c1-8-12(7-15)9(2)16-17(13(8)18)11-5-3-10(14)4-6-11/h3-6H,7,15H2,1-2H3. The van der Waals surface area contributed by atoms with E-state index in [-0.39, 0.29) is 17.9 Å². The third kappa shape index (κ3) is 2.04. The van der Waals surface area contributed by atoms with Crippen molar-refractivity contribution in [3.63, 3.8) is 0 Å². The van der Waals surface area contributed by atoms with Gasteiger partial charge in [-0.3, -0.25) is 4.79 Å². The van der Waals surface area contributed by atoms with Gasteiger partial charge in [-0.2, -0.15) is 9.78 Å². The lowest BCUT2D eigenvalue weighted by Gasteiger charge is -2.11. The normalized spacial score (nSPS) is 10.7. The van der Waals surface area contributed by atoms with Gasteiger partial charge in [-0.25, -0.2) is 4.39 Å². The van der Waals surface area contributed by atoms with Crippen LogP contribution in [0, 0.1) is 19.7 Å². The van der Waals surface area contributed by atoms with E-state index in [2.05, 4.69) is 5.10 Å². The zero-order chi connectivity index (χ0) is 13.3. The van der Waals surface area contributed by atoms with E-state index >= 15 is 0 Å². The van der Waals surface area contributed by atoms with Gasteiger partial charge in [0, 0.05) is 12.1 Å². The first-order chi connectivity index (χ1) is 8.54. The average Bonchev–Trinajstić information content (AvgIpc) is 2.36. The number of hydrogen-bond acceptors (Lipinski definition) is 3. The molecule has 1 heterocycles. The summed E-state index contributed by atoms with van der Waals surface area (Å²) in [6, 6.07) is 5.63. The predicted octanol–water partition coefficient (Wildman–Crippen LogP) is 1.45. The zero-order valence-corrected chi connectivity index (χ0v) is 10.3. The summed E-state index contributed by atoms with van der Waals surface area (Å²) < 4.78 is 14.1. The van der Waals surface area contributed by atoms with Crippen molar-refractivity contribution in [2.24, 2.45) is 5.73 Å². The summed E-state index contributed by atoms with van der Waals surface area (Å²) in [6.45, 7) is 3.80. The highest BCUT2D eigenvalue weighted by atomic mass is 19.1. The number of benzene rings is 1. The van der Waals surface area contributed by atoms with Crippen molar-refractivity contribution in [1.82, 2.24) is 9.78 Å². The Bertz CT molecular complexity index is 632. The van der Waals surface area contributed by atoms with Crippen LogP contribution in [0.15, 0.2) is 29.1 Å². The Morgan fingerprint density at radius 2 is 1.89 bits per heavy atom. The van der Waals surface area contributed by atoms with Crippen molar-refractivity contribution < 1.29 is 4.39 Å². The fourth-order valence-electron chi connectivity index (χ4n) is 1.87. The van der Waals surface area contributed by atoms with Crippen LogP contribution in [0.5, 0.6) is 0 Å². The van der Waals surface area contributed by atoms with Crippen molar-refractivity contribution in [2.75, 3.05) is 0 Å². The van der Waals surface area contributed by atoms with Crippen LogP contribution in [-0.2, 0) is 6.54 Å². The lowest BCUT2D eigenvalue weighted by Crippen LogP contribution is -2.27. The largest absolute Gasteiger partial charge is 0.326 e. The maximum atomic E-state index is 12.9. The van der Waals surface area contributed by atoms with Gasteiger partial charge in [0.25, 0.3) is 5.56 Å². The molecular weight excluding hydrogens is 233 g/mol. The highest BCUT2D eigenvalue weighted by Crippen LogP contribution is 2.10. The topological polar surface area (TPSA) is 60.9 Å². The summed E-state index contributed by atoms with van der Waals surface area (Å²) in [6.07, 6.45) is 0. The monoisotopic (exact) mass is 247 g/mol. The lowest BCUT2D eigenvalue weighted by atomic mass is 10.1. The lowest BCUT2D eigenvalue weighted by molar-refractivity contribution is 0.626. The van der Waals surface area contributed by atoms with Crippen LogP contribution < -0.4 is 11.3 Å². The summed E-state index contributed by atoms with van der Waals surface area (Å²) in [7, 11) is 0. The minimum Gasteiger partial charge on any atom is -0.326 e. The summed E-state index contributed by atoms with van der Waals surface area (Å²) in [5, 5.41) is 4.21. The Kier molecular flexibility index (Phi) is 3.25. The zero-order valence-electron chi connectivity index (χ0n) is 10.3. The smallest absolute Gasteiger partial charge is 0.274 e. The first-order valence-electron chi connectivity index (χ1n) is 5.60. The molecule has 4 nitrogen and oxygen atoms in total. The van der Waals surface area contributed by atoms with E-state index in [1.165, 1.54) is 28.9 Å². The Morgan fingerprint density at radius 1 is 1.28 bits per heavy atom. The van der Waals surface area contributed by atoms with Crippen LogP contribution >= 0.6 is 0 Å². The van der Waals surface area contributed by atoms with Gasteiger partial charge < -0.3 is 5.73 Å². The fourth-order valence-corrected chi connectivity index (χ4v) is 1.87. The molecule has 0 spiro atoms. The Balaban J connectivity index is 2.66. The van der Waals surface area contributed by atoms with E-state index in [1.54, 1.807) is 13.8 Å². The molecule has 0 atom stereocenters. The predicted molar refractivity (Wildman–Crippen MR) is 67.2 cm³/mol. The molecule has 0 aliphatic rings. The minimum absolute atomic E-state index is 0.229. The van der Waals surface area contributed by atoms with Gasteiger partial charge in [0.1, 0.15) is 5.82 Å². The molecule has 2 aromatic rings. The number of rotatable bonds is 2. The molecule has 0 saturated heterocycles. The van der Waals surface area contributed by atoms with Crippen LogP contribution in [0.2, 0.25) is 0 Å². The van der Waals surface area contributed by atoms with Crippen molar-refractivity contribution in [3.8, 4) is 5.69 Å². The summed E-state index contributed by atoms with van der Waals surface area (Å²) in [5.41, 5.74) is 7.95. The molecule has 18 heavy (non-hydrogen) atoms. The molecule has 0 fully saturated rings. The average molecular weight is 247 g/mol. The molecule has 5 heteroatoms. The van der Waals surface area contributed by atoms with Gasteiger partial charge in [-0.05, 0) is 43.7 Å². The highest BCUT2D eigenvalue weighted by Gasteiger charge is 2.11. The fraction of sp³-hybridized carbons (Fsp3) is 0.231. The van der Waals surface area contributed by atoms with E-state index in [9.17, 15) is 9.18 Å². The molecule has 0 aliphatic carbocycles. The van der Waals surface area contributed by atoms with Crippen LogP contribution in [0.1, 0.15) is 16.8 Å². The van der Waals surface area contributed by atoms with Crippen molar-refractivity contribution in [3.05, 3.63) is 57.3 Å². The van der Waals surface area contributed by atoms with Crippen LogP contribution in [0.3, 0.4) is 0 Å². The summed E-state index contributed by atoms with van der Waals surface area (Å²) in [4.78, 5) is 12.1. The second kappa shape index (κ2) is 4.70. The van der Waals surface area contributed by atoms with E-state index in [1.807, 2.05) is 0 Å². The maximum Gasteiger partial charge on any atom is 0.274 e. The van der Waals surface area contributed by atoms with E-state index in [4.69, 9.17) is 5.73 Å². The van der Waals surface area contributed by atoms with E-state index < -0.39 is 0 Å². The van der Waals surface area contributed by atoms with E-state index in [0.717, 1.165) is 5.56 Å². The van der Waals surface area contributed by atoms with Crippen molar-refractivity contribution in [1.29, 1.82) is 0 Å². The molecule has 94 valence electrons. The maximum absolute atomic E-state index is 12.9. The third-order valence-electron chi connectivity index (χ3n) is 2.93. The Hall–Kier alpha value is -2.01. The third-order valence-corrected chi connectivity index (χ3v) is 2.93. The minimum atomic E-state index is -0.348. The van der Waals surface area contributed by atoms with Crippen LogP contribution in [-0.4, -0.2) is 9.78 Å². The molecule has 0 radical (unpaired) electrons. The number of halogens is 1. The van der Waals surface area contributed by atoms with Crippen molar-refractivity contribution in [2.45, 2.75) is 20.4 Å². The number of nitrogens with zero attached hydrogens (tertiary/aromatic N) is 2. The van der Waals surface area contributed by atoms with Gasteiger partial charge in [0.2, 0.25) is 0 Å². The highest BCUT2D eigenvalue weighted by molar-refractivity contribution is 5.34. The van der Waals surface area contributed by atoms with Crippen molar-refractivity contribution >= 4 is 0 Å². The van der Waals surface area contributed by atoms with Gasteiger partial charge in [-0.15, -0.1) is 0 Å². The van der Waals surface area contributed by atoms with Crippen LogP contribution in [0.4, 0.5) is 4.39 Å². The molecule has 1 aromatic heterocycles. The Labute approximate surface area is 104 Å². The van der Waals surface area contributed by atoms with Gasteiger partial charge in [-0.1, -0.05) is 0 Å². The Morgan fingerprint density at radius 3 is 2.44 bits per heavy atom. The summed E-state index contributed by atoms with van der Waals surface area (Å²) in [5.74, 6) is -0.348. The van der Waals surface area contributed by atoms with Gasteiger partial charge in [0.15, 0.2) is 0 Å². The molecule has 1 aromatic carbocycles. The number of aryl methyl sites for hydroxylation is 1.